The Morgan fingerprint density at radius 2 is 1.46 bits per heavy atom. The Hall–Kier alpha value is 0.930. The molecule has 0 heterocycles. The summed E-state index contributed by atoms with van der Waals surface area (Å²) in [5.74, 6) is 0. The van der Waals surface area contributed by atoms with Gasteiger partial charge in [0.05, 0.1) is 4.90 Å². The Kier molecular flexibility index (Phi) is 8.08. The average Bonchev–Trinajstić information content (AvgIpc) is 1.86. The summed E-state index contributed by atoms with van der Waals surface area (Å²) in [5, 5.41) is 0. The van der Waals surface area contributed by atoms with Gasteiger partial charge in [-0.15, -0.1) is 0 Å². The van der Waals surface area contributed by atoms with Gasteiger partial charge in [0, 0.05) is 5.69 Å². The van der Waals surface area contributed by atoms with Crippen LogP contribution in [0.5, 0.6) is 0 Å². The summed E-state index contributed by atoms with van der Waals surface area (Å²) in [6, 6.07) is 5.09. The maximum Gasteiger partial charge on any atom is 1.00 e. The molecule has 0 saturated heterocycles. The molecule has 1 rings (SSSR count). The van der Waals surface area contributed by atoms with Crippen molar-refractivity contribution in [2.45, 2.75) is 4.90 Å². The van der Waals surface area contributed by atoms with Crippen molar-refractivity contribution in [1.29, 1.82) is 0 Å². The molecular formula is C6H6NNa2O3S+. The monoisotopic (exact) mass is 218 g/mol. The Morgan fingerprint density at radius 1 is 1.08 bits per heavy atom. The van der Waals surface area contributed by atoms with Crippen LogP contribution in [0.1, 0.15) is 0 Å². The minimum absolute atomic E-state index is 0. The zero-order valence-corrected chi connectivity index (χ0v) is 12.3. The third-order valence-electron chi connectivity index (χ3n) is 1.17. The first kappa shape index (κ1) is 16.4. The van der Waals surface area contributed by atoms with E-state index < -0.39 is 10.1 Å². The topological polar surface area (TPSA) is 83.2 Å². The molecule has 0 atom stereocenters. The van der Waals surface area contributed by atoms with Crippen LogP contribution in [0.4, 0.5) is 5.69 Å². The summed E-state index contributed by atoms with van der Waals surface area (Å²) in [7, 11) is -4.33. The van der Waals surface area contributed by atoms with Gasteiger partial charge >= 0.3 is 59.1 Å². The number of hydrogen-bond acceptors (Lipinski definition) is 4. The van der Waals surface area contributed by atoms with E-state index in [1.165, 1.54) is 24.3 Å². The fourth-order valence-electron chi connectivity index (χ4n) is 0.634. The van der Waals surface area contributed by atoms with Gasteiger partial charge in [0.2, 0.25) is 0 Å². The predicted molar refractivity (Wildman–Crippen MR) is 38.8 cm³/mol. The van der Waals surface area contributed by atoms with Crippen LogP contribution in [-0.2, 0) is 10.1 Å². The summed E-state index contributed by atoms with van der Waals surface area (Å²) in [4.78, 5) is -0.258. The molecule has 0 saturated carbocycles. The van der Waals surface area contributed by atoms with Crippen molar-refractivity contribution in [2.75, 3.05) is 5.73 Å². The first-order chi connectivity index (χ1) is 5.00. The van der Waals surface area contributed by atoms with E-state index in [0.29, 0.717) is 5.69 Å². The molecule has 0 fully saturated rings. The Morgan fingerprint density at radius 3 is 1.77 bits per heavy atom. The zero-order valence-electron chi connectivity index (χ0n) is 7.52. The molecule has 1 aromatic rings. The van der Waals surface area contributed by atoms with Crippen molar-refractivity contribution in [1.82, 2.24) is 0 Å². The van der Waals surface area contributed by atoms with E-state index in [4.69, 9.17) is 5.73 Å². The average molecular weight is 218 g/mol. The van der Waals surface area contributed by atoms with Gasteiger partial charge in [0.15, 0.2) is 0 Å². The molecule has 0 unspecified atom stereocenters. The van der Waals surface area contributed by atoms with E-state index in [-0.39, 0.29) is 64.0 Å². The van der Waals surface area contributed by atoms with Gasteiger partial charge in [-0.05, 0) is 24.3 Å². The van der Waals surface area contributed by atoms with Crippen LogP contribution in [0.25, 0.3) is 0 Å². The zero-order chi connectivity index (χ0) is 8.48. The normalized spacial score (nSPS) is 9.62. The second-order valence-electron chi connectivity index (χ2n) is 2.02. The molecular weight excluding hydrogens is 212 g/mol. The minimum Gasteiger partial charge on any atom is -0.744 e. The van der Waals surface area contributed by atoms with Crippen LogP contribution >= 0.6 is 0 Å². The second kappa shape index (κ2) is 6.42. The van der Waals surface area contributed by atoms with E-state index in [1.54, 1.807) is 0 Å². The quantitative estimate of drug-likeness (QED) is 0.289. The second-order valence-corrected chi connectivity index (χ2v) is 3.40. The standard InChI is InChI=1S/C6H7NO3S.2Na/c7-5-1-3-6(4-2-5)11(8,9)10;;/h1-4H,7H2,(H,8,9,10);;/q;2*+1/p-1. The van der Waals surface area contributed by atoms with E-state index in [0.717, 1.165) is 0 Å². The van der Waals surface area contributed by atoms with Crippen LogP contribution in [0.2, 0.25) is 0 Å². The number of nitrogens with two attached hydrogens (primary N) is 1. The van der Waals surface area contributed by atoms with Crippen LogP contribution in [0, 0.1) is 0 Å². The largest absolute Gasteiger partial charge is 1.00 e. The molecule has 0 bridgehead atoms. The third kappa shape index (κ3) is 5.39. The van der Waals surface area contributed by atoms with Gasteiger partial charge in [0.1, 0.15) is 10.1 Å². The number of benzene rings is 1. The van der Waals surface area contributed by atoms with Gasteiger partial charge in [-0.25, -0.2) is 8.42 Å². The van der Waals surface area contributed by atoms with Crippen LogP contribution < -0.4 is 64.8 Å². The molecule has 0 aromatic heterocycles. The summed E-state index contributed by atoms with van der Waals surface area (Å²) in [6.07, 6.45) is 0. The van der Waals surface area contributed by atoms with Gasteiger partial charge in [-0.2, -0.15) is 0 Å². The maximum absolute atomic E-state index is 10.3. The molecule has 0 spiro atoms. The fraction of sp³-hybridized carbons (Fsp3) is 0. The summed E-state index contributed by atoms with van der Waals surface area (Å²) < 4.78 is 31.0. The Balaban J connectivity index is 0. The van der Waals surface area contributed by atoms with Crippen LogP contribution in [0.15, 0.2) is 29.2 Å². The van der Waals surface area contributed by atoms with E-state index in [9.17, 15) is 13.0 Å². The molecule has 1 aromatic carbocycles. The first-order valence-corrected chi connectivity index (χ1v) is 4.22. The molecule has 13 heavy (non-hydrogen) atoms. The molecule has 4 nitrogen and oxygen atoms in total. The third-order valence-corrected chi connectivity index (χ3v) is 2.02. The molecule has 60 valence electrons. The molecule has 2 N–H and O–H groups in total. The van der Waals surface area contributed by atoms with Crippen molar-refractivity contribution in [2.24, 2.45) is 0 Å². The smallest absolute Gasteiger partial charge is 0.744 e. The van der Waals surface area contributed by atoms with E-state index >= 15 is 0 Å². The summed E-state index contributed by atoms with van der Waals surface area (Å²) >= 11 is 0. The van der Waals surface area contributed by atoms with Crippen molar-refractivity contribution >= 4 is 15.8 Å². The van der Waals surface area contributed by atoms with Crippen molar-refractivity contribution < 1.29 is 72.1 Å². The van der Waals surface area contributed by atoms with E-state index in [2.05, 4.69) is 0 Å². The number of nitrogen functional groups attached to an aromatic ring is 1. The number of rotatable bonds is 1. The van der Waals surface area contributed by atoms with Gasteiger partial charge in [0.25, 0.3) is 0 Å². The molecule has 7 heteroatoms. The first-order valence-electron chi connectivity index (χ1n) is 2.81. The van der Waals surface area contributed by atoms with Gasteiger partial charge in [-0.1, -0.05) is 0 Å². The maximum atomic E-state index is 10.3. The molecule has 0 radical (unpaired) electrons. The Bertz CT molecular complexity index is 349. The van der Waals surface area contributed by atoms with Crippen molar-refractivity contribution in [3.05, 3.63) is 24.3 Å². The van der Waals surface area contributed by atoms with E-state index in [1.807, 2.05) is 0 Å². The predicted octanol–water partition coefficient (Wildman–Crippen LogP) is -5.82. The molecule has 0 aliphatic carbocycles. The fourth-order valence-corrected chi connectivity index (χ4v) is 1.10. The van der Waals surface area contributed by atoms with Crippen LogP contribution in [0.3, 0.4) is 0 Å². The Labute approximate surface area is 121 Å². The molecule has 0 amide bonds. The van der Waals surface area contributed by atoms with Gasteiger partial charge in [-0.3, -0.25) is 0 Å². The molecule has 0 aliphatic heterocycles. The number of hydrogen-bond donors (Lipinski definition) is 1. The number of anilines is 1. The molecule has 0 aliphatic rings. The van der Waals surface area contributed by atoms with Crippen molar-refractivity contribution in [3.63, 3.8) is 0 Å². The minimum atomic E-state index is -4.33. The summed E-state index contributed by atoms with van der Waals surface area (Å²) in [5.41, 5.74) is 5.70. The van der Waals surface area contributed by atoms with Crippen LogP contribution in [-0.4, -0.2) is 13.0 Å². The summed E-state index contributed by atoms with van der Waals surface area (Å²) in [6.45, 7) is 0. The SMILES string of the molecule is Nc1ccc(S(=O)(=O)[O-])cc1.[Na+].[Na+]. The van der Waals surface area contributed by atoms with Crippen molar-refractivity contribution in [3.8, 4) is 0 Å². The van der Waals surface area contributed by atoms with Gasteiger partial charge < -0.3 is 10.3 Å².